The van der Waals surface area contributed by atoms with Crippen molar-refractivity contribution in [1.82, 2.24) is 0 Å². The molecule has 13 heavy (non-hydrogen) atoms. The molecule has 0 bridgehead atoms. The molecule has 78 valence electrons. The lowest BCUT2D eigenvalue weighted by atomic mass is 9.71. The molecule has 1 aliphatic carbocycles. The highest BCUT2D eigenvalue weighted by Gasteiger charge is 2.27. The summed E-state index contributed by atoms with van der Waals surface area (Å²) in [4.78, 5) is 0. The normalized spacial score (nSPS) is 30.0. The average Bonchev–Trinajstić information content (AvgIpc) is 1.99. The molecule has 0 heterocycles. The van der Waals surface area contributed by atoms with Crippen molar-refractivity contribution in [3.05, 3.63) is 0 Å². The van der Waals surface area contributed by atoms with Crippen LogP contribution in [0.15, 0.2) is 0 Å². The second-order valence-corrected chi connectivity index (χ2v) is 5.68. The Morgan fingerprint density at radius 2 is 2.15 bits per heavy atom. The Morgan fingerprint density at radius 3 is 2.69 bits per heavy atom. The van der Waals surface area contributed by atoms with Gasteiger partial charge in [0.15, 0.2) is 0 Å². The zero-order valence-electron chi connectivity index (χ0n) is 9.47. The van der Waals surface area contributed by atoms with Gasteiger partial charge in [0, 0.05) is 6.04 Å². The van der Waals surface area contributed by atoms with Crippen LogP contribution in [-0.4, -0.2) is 6.04 Å². The molecule has 2 atom stereocenters. The lowest BCUT2D eigenvalue weighted by molar-refractivity contribution is 0.170. The highest BCUT2D eigenvalue weighted by molar-refractivity contribution is 4.79. The minimum Gasteiger partial charge on any atom is -0.328 e. The highest BCUT2D eigenvalue weighted by Crippen LogP contribution is 2.40. The van der Waals surface area contributed by atoms with Crippen molar-refractivity contribution in [2.75, 3.05) is 0 Å². The van der Waals surface area contributed by atoms with E-state index in [0.29, 0.717) is 11.5 Å². The summed E-state index contributed by atoms with van der Waals surface area (Å²) in [6.07, 6.45) is 8.26. The average molecular weight is 183 g/mol. The minimum atomic E-state index is 0.394. The third kappa shape index (κ3) is 4.12. The van der Waals surface area contributed by atoms with Crippen LogP contribution in [0.1, 0.15) is 59.3 Å². The minimum absolute atomic E-state index is 0.394. The first-order valence-electron chi connectivity index (χ1n) is 5.75. The van der Waals surface area contributed by atoms with Crippen molar-refractivity contribution in [3.63, 3.8) is 0 Å². The van der Waals surface area contributed by atoms with E-state index in [2.05, 4.69) is 20.8 Å². The molecule has 0 saturated heterocycles. The first kappa shape index (κ1) is 11.0. The summed E-state index contributed by atoms with van der Waals surface area (Å²) in [6.45, 7) is 6.93. The van der Waals surface area contributed by atoms with E-state index in [1.165, 1.54) is 38.5 Å². The molecule has 1 saturated carbocycles. The predicted octanol–water partition coefficient (Wildman–Crippen LogP) is 3.33. The number of nitrogens with two attached hydrogens (primary N) is 1. The number of rotatable bonds is 3. The van der Waals surface area contributed by atoms with Crippen LogP contribution in [0.2, 0.25) is 0 Å². The van der Waals surface area contributed by atoms with E-state index in [1.54, 1.807) is 0 Å². The van der Waals surface area contributed by atoms with Crippen molar-refractivity contribution in [3.8, 4) is 0 Å². The fraction of sp³-hybridized carbons (Fsp3) is 1.00. The van der Waals surface area contributed by atoms with Gasteiger partial charge in [-0.05, 0) is 43.9 Å². The third-order valence-electron chi connectivity index (χ3n) is 3.34. The van der Waals surface area contributed by atoms with Crippen LogP contribution in [0.3, 0.4) is 0 Å². The maximum atomic E-state index is 5.78. The molecule has 0 spiro atoms. The zero-order valence-corrected chi connectivity index (χ0v) is 9.47. The van der Waals surface area contributed by atoms with Crippen LogP contribution in [0.4, 0.5) is 0 Å². The van der Waals surface area contributed by atoms with E-state index in [0.717, 1.165) is 5.92 Å². The summed E-state index contributed by atoms with van der Waals surface area (Å²) in [5.74, 6) is 0.953. The number of hydrogen-bond donors (Lipinski definition) is 1. The molecule has 0 aromatic heterocycles. The Labute approximate surface area is 83.1 Å². The molecule has 2 unspecified atom stereocenters. The molecular weight excluding hydrogens is 158 g/mol. The van der Waals surface area contributed by atoms with Crippen LogP contribution < -0.4 is 5.73 Å². The predicted molar refractivity (Wildman–Crippen MR) is 58.6 cm³/mol. The van der Waals surface area contributed by atoms with Gasteiger partial charge >= 0.3 is 0 Å². The quantitative estimate of drug-likeness (QED) is 0.713. The lowest BCUT2D eigenvalue weighted by Crippen LogP contribution is -2.24. The van der Waals surface area contributed by atoms with Crippen LogP contribution in [0, 0.1) is 11.3 Å². The highest BCUT2D eigenvalue weighted by atomic mass is 14.6. The summed E-state index contributed by atoms with van der Waals surface area (Å²) in [6, 6.07) is 0.394. The Balaban J connectivity index is 2.26. The zero-order chi connectivity index (χ0) is 9.90. The molecule has 0 aromatic carbocycles. The standard InChI is InChI=1S/C12H25N/c1-10(13)6-7-11-5-4-8-12(2,3)9-11/h10-11H,4-9,13H2,1-3H3. The van der Waals surface area contributed by atoms with E-state index in [9.17, 15) is 0 Å². The van der Waals surface area contributed by atoms with Crippen LogP contribution in [-0.2, 0) is 0 Å². The van der Waals surface area contributed by atoms with E-state index >= 15 is 0 Å². The molecule has 1 rings (SSSR count). The van der Waals surface area contributed by atoms with Crippen molar-refractivity contribution in [2.24, 2.45) is 17.1 Å². The maximum absolute atomic E-state index is 5.78. The van der Waals surface area contributed by atoms with Crippen molar-refractivity contribution < 1.29 is 0 Å². The Morgan fingerprint density at radius 1 is 1.46 bits per heavy atom. The largest absolute Gasteiger partial charge is 0.328 e. The lowest BCUT2D eigenvalue weighted by Gasteiger charge is -2.35. The van der Waals surface area contributed by atoms with Gasteiger partial charge in [-0.1, -0.05) is 26.7 Å². The van der Waals surface area contributed by atoms with Gasteiger partial charge in [0.2, 0.25) is 0 Å². The second kappa shape index (κ2) is 4.45. The Bertz CT molecular complexity index is 149. The third-order valence-corrected chi connectivity index (χ3v) is 3.34. The van der Waals surface area contributed by atoms with E-state index in [1.807, 2.05) is 0 Å². The molecule has 1 aliphatic rings. The van der Waals surface area contributed by atoms with Crippen LogP contribution >= 0.6 is 0 Å². The molecule has 2 N–H and O–H groups in total. The van der Waals surface area contributed by atoms with Gasteiger partial charge < -0.3 is 5.73 Å². The van der Waals surface area contributed by atoms with E-state index in [4.69, 9.17) is 5.73 Å². The van der Waals surface area contributed by atoms with Gasteiger partial charge in [-0.15, -0.1) is 0 Å². The van der Waals surface area contributed by atoms with Crippen LogP contribution in [0.5, 0.6) is 0 Å². The molecule has 0 amide bonds. The van der Waals surface area contributed by atoms with Gasteiger partial charge in [-0.2, -0.15) is 0 Å². The summed E-state index contributed by atoms with van der Waals surface area (Å²) in [5, 5.41) is 0. The monoisotopic (exact) mass is 183 g/mol. The maximum Gasteiger partial charge on any atom is 0.00105 e. The van der Waals surface area contributed by atoms with Gasteiger partial charge in [-0.25, -0.2) is 0 Å². The molecule has 1 fully saturated rings. The van der Waals surface area contributed by atoms with E-state index in [-0.39, 0.29) is 0 Å². The SMILES string of the molecule is CC(N)CCC1CCCC(C)(C)C1. The molecule has 0 aliphatic heterocycles. The van der Waals surface area contributed by atoms with Gasteiger partial charge in [0.1, 0.15) is 0 Å². The van der Waals surface area contributed by atoms with Gasteiger partial charge in [0.25, 0.3) is 0 Å². The molecule has 1 nitrogen and oxygen atoms in total. The summed E-state index contributed by atoms with van der Waals surface area (Å²) < 4.78 is 0. The molecule has 0 aromatic rings. The molecule has 1 heteroatoms. The summed E-state index contributed by atoms with van der Waals surface area (Å²) >= 11 is 0. The first-order valence-corrected chi connectivity index (χ1v) is 5.75. The van der Waals surface area contributed by atoms with E-state index < -0.39 is 0 Å². The summed E-state index contributed by atoms with van der Waals surface area (Å²) in [7, 11) is 0. The first-order chi connectivity index (χ1) is 5.99. The van der Waals surface area contributed by atoms with Crippen molar-refractivity contribution in [2.45, 2.75) is 65.3 Å². The smallest absolute Gasteiger partial charge is 0.00105 e. The second-order valence-electron chi connectivity index (χ2n) is 5.68. The van der Waals surface area contributed by atoms with Gasteiger partial charge in [0.05, 0.1) is 0 Å². The van der Waals surface area contributed by atoms with Gasteiger partial charge in [-0.3, -0.25) is 0 Å². The van der Waals surface area contributed by atoms with Crippen molar-refractivity contribution in [1.29, 1.82) is 0 Å². The fourth-order valence-electron chi connectivity index (χ4n) is 2.60. The fourth-order valence-corrected chi connectivity index (χ4v) is 2.60. The van der Waals surface area contributed by atoms with Crippen LogP contribution in [0.25, 0.3) is 0 Å². The Kier molecular flexibility index (Phi) is 3.78. The number of hydrogen-bond acceptors (Lipinski definition) is 1. The van der Waals surface area contributed by atoms with Crippen molar-refractivity contribution >= 4 is 0 Å². The molecular formula is C12H25N. The summed E-state index contributed by atoms with van der Waals surface area (Å²) in [5.41, 5.74) is 6.38. The molecule has 0 radical (unpaired) electrons. The Hall–Kier alpha value is -0.0400. The topological polar surface area (TPSA) is 26.0 Å².